The fraction of sp³-hybridized carbons (Fsp3) is 0.588. The molecular weight excluding hydrogens is 312 g/mol. The summed E-state index contributed by atoms with van der Waals surface area (Å²) >= 11 is 0. The summed E-state index contributed by atoms with van der Waals surface area (Å²) < 4.78 is 25.6. The Kier molecular flexibility index (Phi) is 6.18. The Morgan fingerprint density at radius 1 is 1.13 bits per heavy atom. The van der Waals surface area contributed by atoms with Gasteiger partial charge in [-0.15, -0.1) is 0 Å². The number of hydrogen-bond donors (Lipinski definition) is 0. The van der Waals surface area contributed by atoms with Crippen molar-refractivity contribution in [2.75, 3.05) is 31.9 Å². The smallest absolute Gasteiger partial charge is 0.222 e. The third kappa shape index (κ3) is 4.78. The minimum absolute atomic E-state index is 0.112. The highest BCUT2D eigenvalue weighted by atomic mass is 32.2. The lowest BCUT2D eigenvalue weighted by atomic mass is 10.0. The van der Waals surface area contributed by atoms with Crippen molar-refractivity contribution in [2.45, 2.75) is 33.1 Å². The second kappa shape index (κ2) is 7.93. The van der Waals surface area contributed by atoms with Crippen molar-refractivity contribution in [3.63, 3.8) is 0 Å². The third-order valence-electron chi connectivity index (χ3n) is 4.32. The average Bonchev–Trinajstić information content (AvgIpc) is 2.54. The molecule has 0 spiro atoms. The molecule has 6 heteroatoms. The Morgan fingerprint density at radius 2 is 1.78 bits per heavy atom. The van der Waals surface area contributed by atoms with Crippen LogP contribution in [-0.4, -0.2) is 55.5 Å². The highest BCUT2D eigenvalue weighted by molar-refractivity contribution is 7.89. The summed E-state index contributed by atoms with van der Waals surface area (Å²) in [5.41, 5.74) is 2.40. The van der Waals surface area contributed by atoms with Crippen LogP contribution in [0.2, 0.25) is 0 Å². The van der Waals surface area contributed by atoms with Crippen LogP contribution in [-0.2, 0) is 21.2 Å². The average molecular weight is 338 g/mol. The fourth-order valence-electron chi connectivity index (χ4n) is 2.89. The first-order valence-corrected chi connectivity index (χ1v) is 9.85. The Bertz CT molecular complexity index is 635. The lowest BCUT2D eigenvalue weighted by Crippen LogP contribution is -2.51. The molecule has 1 saturated heterocycles. The number of sulfonamides is 1. The number of hydrogen-bond acceptors (Lipinski definition) is 3. The molecule has 0 bridgehead atoms. The van der Waals surface area contributed by atoms with E-state index in [4.69, 9.17) is 0 Å². The molecule has 1 aromatic rings. The number of nitrogens with zero attached hydrogens (tertiary/aromatic N) is 2. The molecule has 0 aromatic heterocycles. The van der Waals surface area contributed by atoms with Gasteiger partial charge >= 0.3 is 0 Å². The van der Waals surface area contributed by atoms with E-state index in [0.717, 1.165) is 6.42 Å². The first-order valence-electron chi connectivity index (χ1n) is 8.24. The van der Waals surface area contributed by atoms with E-state index in [2.05, 4.69) is 19.1 Å². The Balaban J connectivity index is 1.83. The lowest BCUT2D eigenvalue weighted by Gasteiger charge is -2.34. The maximum absolute atomic E-state index is 12.3. The monoisotopic (exact) mass is 338 g/mol. The van der Waals surface area contributed by atoms with Gasteiger partial charge in [0.05, 0.1) is 5.75 Å². The predicted octanol–water partition coefficient (Wildman–Crippen LogP) is 1.81. The van der Waals surface area contributed by atoms with Crippen LogP contribution in [0.15, 0.2) is 24.3 Å². The number of carbonyl (C=O) groups excluding carboxylic acids is 1. The van der Waals surface area contributed by atoms with Crippen molar-refractivity contribution < 1.29 is 13.2 Å². The third-order valence-corrected chi connectivity index (χ3v) is 6.39. The van der Waals surface area contributed by atoms with Gasteiger partial charge < -0.3 is 4.90 Å². The normalized spacial score (nSPS) is 16.5. The maximum atomic E-state index is 12.3. The van der Waals surface area contributed by atoms with Gasteiger partial charge in [-0.05, 0) is 30.9 Å². The van der Waals surface area contributed by atoms with Crippen LogP contribution in [0.1, 0.15) is 30.9 Å². The summed E-state index contributed by atoms with van der Waals surface area (Å²) in [6, 6.07) is 8.09. The van der Waals surface area contributed by atoms with E-state index < -0.39 is 10.0 Å². The number of aryl methyl sites for hydroxylation is 2. The summed E-state index contributed by atoms with van der Waals surface area (Å²) in [6.07, 6.45) is 1.84. The molecular formula is C17H26N2O3S. The quantitative estimate of drug-likeness (QED) is 0.795. The highest BCUT2D eigenvalue weighted by Crippen LogP contribution is 2.13. The van der Waals surface area contributed by atoms with E-state index in [9.17, 15) is 13.2 Å². The van der Waals surface area contributed by atoms with E-state index in [1.807, 2.05) is 19.1 Å². The van der Waals surface area contributed by atoms with Gasteiger partial charge in [-0.25, -0.2) is 8.42 Å². The molecule has 1 aromatic carbocycles. The summed E-state index contributed by atoms with van der Waals surface area (Å²) in [4.78, 5) is 14.1. The number of piperazine rings is 1. The van der Waals surface area contributed by atoms with Crippen molar-refractivity contribution in [1.82, 2.24) is 9.21 Å². The Labute approximate surface area is 139 Å². The first-order chi connectivity index (χ1) is 10.9. The molecule has 1 amide bonds. The van der Waals surface area contributed by atoms with Crippen LogP contribution in [0.4, 0.5) is 0 Å². The number of benzene rings is 1. The van der Waals surface area contributed by atoms with Gasteiger partial charge in [0, 0.05) is 32.6 Å². The maximum Gasteiger partial charge on any atom is 0.222 e. The van der Waals surface area contributed by atoms with E-state index >= 15 is 0 Å². The largest absolute Gasteiger partial charge is 0.340 e. The number of amides is 1. The van der Waals surface area contributed by atoms with Crippen LogP contribution in [0, 0.1) is 6.92 Å². The summed E-state index contributed by atoms with van der Waals surface area (Å²) in [7, 11) is -3.15. The highest BCUT2D eigenvalue weighted by Gasteiger charge is 2.27. The lowest BCUT2D eigenvalue weighted by molar-refractivity contribution is -0.132. The molecule has 23 heavy (non-hydrogen) atoms. The predicted molar refractivity (Wildman–Crippen MR) is 91.7 cm³/mol. The molecule has 0 unspecified atom stereocenters. The summed E-state index contributed by atoms with van der Waals surface area (Å²) in [5, 5.41) is 0. The fourth-order valence-corrected chi connectivity index (χ4v) is 4.39. The molecule has 0 atom stereocenters. The molecule has 0 aliphatic carbocycles. The Hall–Kier alpha value is -1.40. The van der Waals surface area contributed by atoms with Gasteiger partial charge in [0.25, 0.3) is 0 Å². The van der Waals surface area contributed by atoms with Gasteiger partial charge in [0.2, 0.25) is 15.9 Å². The van der Waals surface area contributed by atoms with E-state index in [1.54, 1.807) is 4.90 Å². The van der Waals surface area contributed by atoms with Gasteiger partial charge in [0.1, 0.15) is 0 Å². The van der Waals surface area contributed by atoms with Gasteiger partial charge in [-0.2, -0.15) is 4.31 Å². The van der Waals surface area contributed by atoms with E-state index in [1.165, 1.54) is 15.4 Å². The molecule has 2 rings (SSSR count). The van der Waals surface area contributed by atoms with Crippen molar-refractivity contribution in [3.05, 3.63) is 35.4 Å². The zero-order valence-electron chi connectivity index (χ0n) is 14.0. The van der Waals surface area contributed by atoms with Crippen LogP contribution >= 0.6 is 0 Å². The zero-order valence-corrected chi connectivity index (χ0v) is 14.8. The van der Waals surface area contributed by atoms with Gasteiger partial charge in [0.15, 0.2) is 0 Å². The van der Waals surface area contributed by atoms with E-state index in [-0.39, 0.29) is 11.7 Å². The van der Waals surface area contributed by atoms with Crippen molar-refractivity contribution >= 4 is 15.9 Å². The van der Waals surface area contributed by atoms with Crippen molar-refractivity contribution in [3.8, 4) is 0 Å². The van der Waals surface area contributed by atoms with Crippen LogP contribution in [0.25, 0.3) is 0 Å². The molecule has 1 fully saturated rings. The molecule has 0 N–H and O–H groups in total. The Morgan fingerprint density at radius 3 is 2.39 bits per heavy atom. The van der Waals surface area contributed by atoms with Crippen molar-refractivity contribution in [2.24, 2.45) is 0 Å². The summed E-state index contributed by atoms with van der Waals surface area (Å²) in [5.74, 6) is 0.301. The van der Waals surface area contributed by atoms with Crippen LogP contribution in [0.5, 0.6) is 0 Å². The van der Waals surface area contributed by atoms with Gasteiger partial charge in [-0.1, -0.05) is 31.2 Å². The molecule has 128 valence electrons. The second-order valence-electron chi connectivity index (χ2n) is 6.02. The first kappa shape index (κ1) is 17.9. The zero-order chi connectivity index (χ0) is 16.9. The molecule has 0 radical (unpaired) electrons. The molecule has 1 heterocycles. The van der Waals surface area contributed by atoms with Crippen LogP contribution < -0.4 is 0 Å². The minimum Gasteiger partial charge on any atom is -0.340 e. The summed E-state index contributed by atoms with van der Waals surface area (Å²) in [6.45, 7) is 5.74. The van der Waals surface area contributed by atoms with Crippen LogP contribution in [0.3, 0.4) is 0 Å². The molecule has 5 nitrogen and oxygen atoms in total. The molecule has 1 aliphatic rings. The van der Waals surface area contributed by atoms with Crippen molar-refractivity contribution in [1.29, 1.82) is 0 Å². The second-order valence-corrected chi connectivity index (χ2v) is 8.11. The molecule has 0 saturated carbocycles. The number of carbonyl (C=O) groups is 1. The van der Waals surface area contributed by atoms with Gasteiger partial charge in [-0.3, -0.25) is 4.79 Å². The van der Waals surface area contributed by atoms with E-state index in [0.29, 0.717) is 39.0 Å². The minimum atomic E-state index is -3.15. The topological polar surface area (TPSA) is 57.7 Å². The standard InChI is InChI=1S/C17H26N2O3S/c1-3-14-23(21,22)19-12-10-18(11-13-19)17(20)9-8-16-7-5-4-6-15(16)2/h4-7H,3,8-14H2,1-2H3. The molecule has 1 aliphatic heterocycles. The number of rotatable bonds is 6. The SMILES string of the molecule is CCCS(=O)(=O)N1CCN(C(=O)CCc2ccccc2C)CC1.